The first-order valence-electron chi connectivity index (χ1n) is 4.66. The molecule has 72 valence electrons. The molecular weight excluding hydrogens is 182 g/mol. The van der Waals surface area contributed by atoms with Crippen molar-refractivity contribution in [3.05, 3.63) is 29.3 Å². The van der Waals surface area contributed by atoms with Crippen LogP contribution in [0, 0.1) is 6.92 Å². The minimum atomic E-state index is 0. The number of para-hydroxylation sites is 1. The summed E-state index contributed by atoms with van der Waals surface area (Å²) in [6.45, 7) is 6.77. The zero-order valence-corrected chi connectivity index (χ0v) is 9.03. The molecule has 1 aliphatic heterocycles. The number of halogens is 1. The van der Waals surface area contributed by atoms with Crippen LogP contribution in [0.2, 0.25) is 0 Å². The summed E-state index contributed by atoms with van der Waals surface area (Å²) in [4.78, 5) is 2.46. The van der Waals surface area contributed by atoms with Crippen LogP contribution in [0.4, 0.5) is 5.69 Å². The normalized spacial score (nSPS) is 13.8. The fraction of sp³-hybridized carbons (Fsp3) is 0.455. The molecule has 0 atom stereocenters. The molecule has 0 N–H and O–H groups in total. The van der Waals surface area contributed by atoms with E-state index in [1.165, 1.54) is 29.8 Å². The van der Waals surface area contributed by atoms with Gasteiger partial charge in [0.15, 0.2) is 0 Å². The van der Waals surface area contributed by atoms with Crippen LogP contribution in [0.15, 0.2) is 18.2 Å². The Morgan fingerprint density at radius 2 is 2.15 bits per heavy atom. The van der Waals surface area contributed by atoms with Crippen molar-refractivity contribution in [2.45, 2.75) is 20.3 Å². The third kappa shape index (κ3) is 1.66. The standard InChI is InChI=1S/C11H15N.ClH/c1-3-12-8-7-10-6-4-5-9(2)11(10)12;/h4-6H,3,7-8H2,1-2H3;1H. The zero-order chi connectivity index (χ0) is 8.55. The predicted molar refractivity (Wildman–Crippen MR) is 60.0 cm³/mol. The van der Waals surface area contributed by atoms with E-state index in [-0.39, 0.29) is 12.4 Å². The molecule has 0 fully saturated rings. The number of hydrogen-bond donors (Lipinski definition) is 0. The second-order valence-electron chi connectivity index (χ2n) is 3.41. The van der Waals surface area contributed by atoms with Gasteiger partial charge in [-0.2, -0.15) is 0 Å². The summed E-state index contributed by atoms with van der Waals surface area (Å²) in [5, 5.41) is 0. The molecule has 0 amide bonds. The van der Waals surface area contributed by atoms with E-state index >= 15 is 0 Å². The molecule has 1 aliphatic rings. The molecule has 1 heterocycles. The third-order valence-corrected chi connectivity index (χ3v) is 2.67. The molecule has 13 heavy (non-hydrogen) atoms. The molecule has 1 aromatic carbocycles. The third-order valence-electron chi connectivity index (χ3n) is 2.67. The predicted octanol–water partition coefficient (Wildman–Crippen LogP) is 2.80. The van der Waals surface area contributed by atoms with E-state index in [0.717, 1.165) is 6.54 Å². The average molecular weight is 198 g/mol. The zero-order valence-electron chi connectivity index (χ0n) is 8.21. The summed E-state index contributed by atoms with van der Waals surface area (Å²) >= 11 is 0. The lowest BCUT2D eigenvalue weighted by Gasteiger charge is -2.18. The fourth-order valence-electron chi connectivity index (χ4n) is 2.06. The number of benzene rings is 1. The van der Waals surface area contributed by atoms with Gasteiger partial charge in [-0.25, -0.2) is 0 Å². The quantitative estimate of drug-likeness (QED) is 0.670. The Hall–Kier alpha value is -0.690. The number of likely N-dealkylation sites (N-methyl/N-ethyl adjacent to an activating group) is 1. The van der Waals surface area contributed by atoms with Gasteiger partial charge < -0.3 is 4.90 Å². The molecule has 0 saturated carbocycles. The molecule has 1 nitrogen and oxygen atoms in total. The minimum Gasteiger partial charge on any atom is -0.371 e. The van der Waals surface area contributed by atoms with Gasteiger partial charge in [0.1, 0.15) is 0 Å². The molecule has 2 rings (SSSR count). The first-order valence-corrected chi connectivity index (χ1v) is 4.66. The van der Waals surface area contributed by atoms with Gasteiger partial charge in [0.2, 0.25) is 0 Å². The monoisotopic (exact) mass is 197 g/mol. The first kappa shape index (κ1) is 10.4. The number of rotatable bonds is 1. The van der Waals surface area contributed by atoms with E-state index < -0.39 is 0 Å². The van der Waals surface area contributed by atoms with E-state index in [4.69, 9.17) is 0 Å². The highest BCUT2D eigenvalue weighted by atomic mass is 35.5. The van der Waals surface area contributed by atoms with E-state index in [9.17, 15) is 0 Å². The maximum Gasteiger partial charge on any atom is 0.0429 e. The highest BCUT2D eigenvalue weighted by Gasteiger charge is 2.18. The van der Waals surface area contributed by atoms with Crippen molar-refractivity contribution in [1.82, 2.24) is 0 Å². The summed E-state index contributed by atoms with van der Waals surface area (Å²) in [7, 11) is 0. The van der Waals surface area contributed by atoms with Crippen LogP contribution in [0.5, 0.6) is 0 Å². The second kappa shape index (κ2) is 4.01. The number of aryl methyl sites for hydroxylation is 1. The van der Waals surface area contributed by atoms with E-state index in [1.54, 1.807) is 0 Å². The summed E-state index contributed by atoms with van der Waals surface area (Å²) in [5.41, 5.74) is 4.43. The molecule has 0 bridgehead atoms. The van der Waals surface area contributed by atoms with E-state index in [1.807, 2.05) is 0 Å². The summed E-state index contributed by atoms with van der Waals surface area (Å²) in [6, 6.07) is 6.61. The Bertz CT molecular complexity index is 296. The molecule has 0 spiro atoms. The van der Waals surface area contributed by atoms with Crippen LogP contribution >= 0.6 is 12.4 Å². The summed E-state index contributed by atoms with van der Waals surface area (Å²) in [5.74, 6) is 0. The second-order valence-corrected chi connectivity index (χ2v) is 3.41. The number of nitrogens with zero attached hydrogens (tertiary/aromatic N) is 1. The van der Waals surface area contributed by atoms with Gasteiger partial charge in [-0.15, -0.1) is 12.4 Å². The van der Waals surface area contributed by atoms with Gasteiger partial charge in [-0.1, -0.05) is 18.2 Å². The van der Waals surface area contributed by atoms with Crippen molar-refractivity contribution < 1.29 is 0 Å². The van der Waals surface area contributed by atoms with Crippen LogP contribution in [-0.2, 0) is 6.42 Å². The van der Waals surface area contributed by atoms with Gasteiger partial charge in [0.05, 0.1) is 0 Å². The largest absolute Gasteiger partial charge is 0.371 e. The Labute approximate surface area is 86.2 Å². The van der Waals surface area contributed by atoms with Gasteiger partial charge in [0.25, 0.3) is 0 Å². The van der Waals surface area contributed by atoms with E-state index in [2.05, 4.69) is 36.9 Å². The topological polar surface area (TPSA) is 3.24 Å². The highest BCUT2D eigenvalue weighted by Crippen LogP contribution is 2.30. The van der Waals surface area contributed by atoms with Crippen molar-refractivity contribution in [2.75, 3.05) is 18.0 Å². The fourth-order valence-corrected chi connectivity index (χ4v) is 2.06. The van der Waals surface area contributed by atoms with Gasteiger partial charge in [0, 0.05) is 18.8 Å². The van der Waals surface area contributed by atoms with Crippen LogP contribution in [0.25, 0.3) is 0 Å². The van der Waals surface area contributed by atoms with Gasteiger partial charge >= 0.3 is 0 Å². The Kier molecular flexibility index (Phi) is 3.21. The Morgan fingerprint density at radius 3 is 2.85 bits per heavy atom. The molecule has 0 unspecified atom stereocenters. The Balaban J connectivity index is 0.000000845. The molecule has 0 aromatic heterocycles. The SMILES string of the molecule is CCN1CCc2cccc(C)c21.Cl. The average Bonchev–Trinajstić information content (AvgIpc) is 2.49. The van der Waals surface area contributed by atoms with Crippen molar-refractivity contribution in [3.8, 4) is 0 Å². The lowest BCUT2D eigenvalue weighted by Crippen LogP contribution is -2.19. The minimum absolute atomic E-state index is 0. The maximum atomic E-state index is 2.46. The van der Waals surface area contributed by atoms with Crippen molar-refractivity contribution in [2.24, 2.45) is 0 Å². The number of anilines is 1. The molecule has 0 saturated heterocycles. The van der Waals surface area contributed by atoms with Crippen molar-refractivity contribution in [1.29, 1.82) is 0 Å². The number of hydrogen-bond acceptors (Lipinski definition) is 1. The molecule has 2 heteroatoms. The van der Waals surface area contributed by atoms with E-state index in [0.29, 0.717) is 0 Å². The Morgan fingerprint density at radius 1 is 1.38 bits per heavy atom. The van der Waals surface area contributed by atoms with Crippen molar-refractivity contribution in [3.63, 3.8) is 0 Å². The van der Waals surface area contributed by atoms with Crippen LogP contribution < -0.4 is 4.90 Å². The lowest BCUT2D eigenvalue weighted by molar-refractivity contribution is 0.866. The molecule has 0 aliphatic carbocycles. The number of fused-ring (bicyclic) bond motifs is 1. The molecular formula is C11H16ClN. The molecule has 0 radical (unpaired) electrons. The van der Waals surface area contributed by atoms with Crippen LogP contribution in [0.1, 0.15) is 18.1 Å². The lowest BCUT2D eigenvalue weighted by atomic mass is 10.1. The van der Waals surface area contributed by atoms with Crippen LogP contribution in [0.3, 0.4) is 0 Å². The van der Waals surface area contributed by atoms with Crippen molar-refractivity contribution >= 4 is 18.1 Å². The van der Waals surface area contributed by atoms with Gasteiger partial charge in [-0.05, 0) is 31.4 Å². The summed E-state index contributed by atoms with van der Waals surface area (Å²) in [6.07, 6.45) is 1.23. The smallest absolute Gasteiger partial charge is 0.0429 e. The van der Waals surface area contributed by atoms with Crippen LogP contribution in [-0.4, -0.2) is 13.1 Å². The maximum absolute atomic E-state index is 2.46. The highest BCUT2D eigenvalue weighted by molar-refractivity contribution is 5.85. The van der Waals surface area contributed by atoms with Gasteiger partial charge in [-0.3, -0.25) is 0 Å². The summed E-state index contributed by atoms with van der Waals surface area (Å²) < 4.78 is 0. The molecule has 1 aromatic rings. The first-order chi connectivity index (χ1) is 5.83.